The van der Waals surface area contributed by atoms with Gasteiger partial charge in [0.2, 0.25) is 0 Å². The van der Waals surface area contributed by atoms with Crippen LogP contribution in [-0.4, -0.2) is 41.8 Å². The fraction of sp³-hybridized carbons (Fsp3) is 0.625. The zero-order valence-electron chi connectivity index (χ0n) is 12.1. The zero-order valence-corrected chi connectivity index (χ0v) is 12.1. The summed E-state index contributed by atoms with van der Waals surface area (Å²) in [5, 5.41) is 10.0. The van der Waals surface area contributed by atoms with Crippen LogP contribution in [-0.2, 0) is 0 Å². The quantitative estimate of drug-likeness (QED) is 0.906. The van der Waals surface area contributed by atoms with E-state index in [1.165, 1.54) is 5.56 Å². The van der Waals surface area contributed by atoms with Gasteiger partial charge >= 0.3 is 0 Å². The van der Waals surface area contributed by atoms with E-state index in [0.717, 1.165) is 44.6 Å². The number of aryl methyl sites for hydroxylation is 1. The van der Waals surface area contributed by atoms with Gasteiger partial charge in [0.25, 0.3) is 0 Å². The van der Waals surface area contributed by atoms with E-state index < -0.39 is 5.60 Å². The van der Waals surface area contributed by atoms with Gasteiger partial charge in [-0.15, -0.1) is 0 Å². The first-order chi connectivity index (χ1) is 9.05. The Balaban J connectivity index is 1.74. The van der Waals surface area contributed by atoms with E-state index in [4.69, 9.17) is 4.74 Å². The second-order valence-electron chi connectivity index (χ2n) is 5.86. The number of nitrogens with zero attached hydrogens (tertiary/aromatic N) is 1. The van der Waals surface area contributed by atoms with Crippen LogP contribution in [0.2, 0.25) is 0 Å². The van der Waals surface area contributed by atoms with Crippen molar-refractivity contribution in [2.24, 2.45) is 0 Å². The second-order valence-corrected chi connectivity index (χ2v) is 5.86. The third-order valence-corrected chi connectivity index (χ3v) is 3.82. The third kappa shape index (κ3) is 4.84. The minimum Gasteiger partial charge on any atom is -0.492 e. The van der Waals surface area contributed by atoms with Gasteiger partial charge in [0.1, 0.15) is 12.4 Å². The van der Waals surface area contributed by atoms with E-state index in [9.17, 15) is 5.11 Å². The molecule has 1 atom stereocenters. The number of hydrogen-bond acceptors (Lipinski definition) is 3. The summed E-state index contributed by atoms with van der Waals surface area (Å²) in [6.07, 6.45) is 2.83. The Morgan fingerprint density at radius 2 is 2.16 bits per heavy atom. The first-order valence-electron chi connectivity index (χ1n) is 7.19. The van der Waals surface area contributed by atoms with Crippen LogP contribution in [0.3, 0.4) is 0 Å². The van der Waals surface area contributed by atoms with Crippen molar-refractivity contribution >= 4 is 0 Å². The summed E-state index contributed by atoms with van der Waals surface area (Å²) in [7, 11) is 0. The third-order valence-electron chi connectivity index (χ3n) is 3.82. The standard InChI is InChI=1S/C16H25NO2/c1-14-5-3-6-15(13-14)19-12-11-17-9-4-7-16(2,18)8-10-17/h3,5-6,13,18H,4,7-12H2,1-2H3. The molecule has 3 heteroatoms. The van der Waals surface area contributed by atoms with Gasteiger partial charge in [-0.3, -0.25) is 4.90 Å². The van der Waals surface area contributed by atoms with E-state index >= 15 is 0 Å². The Morgan fingerprint density at radius 1 is 1.32 bits per heavy atom. The van der Waals surface area contributed by atoms with Crippen LogP contribution in [0.25, 0.3) is 0 Å². The number of rotatable bonds is 4. The average molecular weight is 263 g/mol. The molecule has 1 heterocycles. The molecule has 2 rings (SSSR count). The maximum Gasteiger partial charge on any atom is 0.119 e. The van der Waals surface area contributed by atoms with E-state index in [2.05, 4.69) is 24.0 Å². The molecule has 1 aliphatic rings. The summed E-state index contributed by atoms with van der Waals surface area (Å²) in [4.78, 5) is 2.39. The Kier molecular flexibility index (Phi) is 4.83. The molecule has 0 aromatic heterocycles. The molecule has 1 saturated heterocycles. The normalized spacial score (nSPS) is 25.0. The first-order valence-corrected chi connectivity index (χ1v) is 7.19. The van der Waals surface area contributed by atoms with Crippen molar-refractivity contribution in [2.75, 3.05) is 26.2 Å². The van der Waals surface area contributed by atoms with Gasteiger partial charge in [0, 0.05) is 13.1 Å². The van der Waals surface area contributed by atoms with Gasteiger partial charge in [0.05, 0.1) is 5.60 Å². The number of ether oxygens (including phenoxy) is 1. The highest BCUT2D eigenvalue weighted by molar-refractivity contribution is 5.27. The lowest BCUT2D eigenvalue weighted by atomic mass is 9.98. The largest absolute Gasteiger partial charge is 0.492 e. The van der Waals surface area contributed by atoms with Gasteiger partial charge in [-0.1, -0.05) is 12.1 Å². The molecule has 1 fully saturated rings. The van der Waals surface area contributed by atoms with Crippen LogP contribution < -0.4 is 4.74 Å². The number of benzene rings is 1. The predicted octanol–water partition coefficient (Wildman–Crippen LogP) is 2.61. The Morgan fingerprint density at radius 3 is 2.95 bits per heavy atom. The smallest absolute Gasteiger partial charge is 0.119 e. The van der Waals surface area contributed by atoms with Crippen molar-refractivity contribution < 1.29 is 9.84 Å². The van der Waals surface area contributed by atoms with Gasteiger partial charge in [-0.05, 0) is 57.4 Å². The molecule has 19 heavy (non-hydrogen) atoms. The summed E-state index contributed by atoms with van der Waals surface area (Å²) < 4.78 is 5.78. The van der Waals surface area contributed by atoms with E-state index in [-0.39, 0.29) is 0 Å². The highest BCUT2D eigenvalue weighted by Crippen LogP contribution is 2.21. The lowest BCUT2D eigenvalue weighted by Gasteiger charge is -2.22. The Labute approximate surface area is 116 Å². The van der Waals surface area contributed by atoms with Crippen molar-refractivity contribution in [2.45, 2.75) is 38.7 Å². The average Bonchev–Trinajstić information content (AvgIpc) is 2.51. The molecular formula is C16H25NO2. The molecule has 106 valence electrons. The fourth-order valence-electron chi connectivity index (χ4n) is 2.54. The van der Waals surface area contributed by atoms with Gasteiger partial charge in [0.15, 0.2) is 0 Å². The van der Waals surface area contributed by atoms with Crippen LogP contribution in [0.1, 0.15) is 31.7 Å². The van der Waals surface area contributed by atoms with Crippen molar-refractivity contribution in [3.63, 3.8) is 0 Å². The van der Waals surface area contributed by atoms with Crippen LogP contribution >= 0.6 is 0 Å². The van der Waals surface area contributed by atoms with Gasteiger partial charge in [-0.2, -0.15) is 0 Å². The number of hydrogen-bond donors (Lipinski definition) is 1. The van der Waals surface area contributed by atoms with Crippen molar-refractivity contribution in [3.8, 4) is 5.75 Å². The van der Waals surface area contributed by atoms with Gasteiger partial charge in [-0.25, -0.2) is 0 Å². The number of aliphatic hydroxyl groups is 1. The van der Waals surface area contributed by atoms with Crippen LogP contribution in [0, 0.1) is 6.92 Å². The van der Waals surface area contributed by atoms with Crippen molar-refractivity contribution in [1.29, 1.82) is 0 Å². The lowest BCUT2D eigenvalue weighted by molar-refractivity contribution is 0.0442. The molecule has 0 amide bonds. The Hall–Kier alpha value is -1.06. The molecular weight excluding hydrogens is 238 g/mol. The van der Waals surface area contributed by atoms with E-state index in [0.29, 0.717) is 6.61 Å². The minimum absolute atomic E-state index is 0.480. The molecule has 1 aromatic rings. The monoisotopic (exact) mass is 263 g/mol. The molecule has 0 spiro atoms. The van der Waals surface area contributed by atoms with Crippen LogP contribution in [0.4, 0.5) is 0 Å². The van der Waals surface area contributed by atoms with Crippen molar-refractivity contribution in [3.05, 3.63) is 29.8 Å². The van der Waals surface area contributed by atoms with E-state index in [1.54, 1.807) is 0 Å². The summed E-state index contributed by atoms with van der Waals surface area (Å²) in [6, 6.07) is 8.16. The molecule has 1 aliphatic heterocycles. The van der Waals surface area contributed by atoms with E-state index in [1.807, 2.05) is 19.1 Å². The lowest BCUT2D eigenvalue weighted by Crippen LogP contribution is -2.31. The predicted molar refractivity (Wildman–Crippen MR) is 77.6 cm³/mol. The SMILES string of the molecule is Cc1cccc(OCCN2CCCC(C)(O)CC2)c1. The molecule has 1 unspecified atom stereocenters. The molecule has 1 aromatic carbocycles. The molecule has 0 saturated carbocycles. The molecule has 0 aliphatic carbocycles. The fourth-order valence-corrected chi connectivity index (χ4v) is 2.54. The summed E-state index contributed by atoms with van der Waals surface area (Å²) >= 11 is 0. The van der Waals surface area contributed by atoms with Crippen LogP contribution in [0.15, 0.2) is 24.3 Å². The Bertz CT molecular complexity index is 403. The summed E-state index contributed by atoms with van der Waals surface area (Å²) in [6.45, 7) is 7.69. The summed E-state index contributed by atoms with van der Waals surface area (Å²) in [5.74, 6) is 0.946. The molecule has 0 bridgehead atoms. The number of likely N-dealkylation sites (tertiary alicyclic amines) is 1. The van der Waals surface area contributed by atoms with Crippen LogP contribution in [0.5, 0.6) is 5.75 Å². The minimum atomic E-state index is -0.480. The molecule has 3 nitrogen and oxygen atoms in total. The highest BCUT2D eigenvalue weighted by atomic mass is 16.5. The molecule has 0 radical (unpaired) electrons. The maximum atomic E-state index is 10.0. The molecule has 1 N–H and O–H groups in total. The highest BCUT2D eigenvalue weighted by Gasteiger charge is 2.24. The second kappa shape index (κ2) is 6.40. The summed E-state index contributed by atoms with van der Waals surface area (Å²) in [5.41, 5.74) is 0.745. The maximum absolute atomic E-state index is 10.0. The van der Waals surface area contributed by atoms with Gasteiger partial charge < -0.3 is 9.84 Å². The van der Waals surface area contributed by atoms with Crippen molar-refractivity contribution in [1.82, 2.24) is 4.90 Å². The first kappa shape index (κ1) is 14.4. The zero-order chi connectivity index (χ0) is 13.7. The topological polar surface area (TPSA) is 32.7 Å².